The van der Waals surface area contributed by atoms with E-state index in [0.717, 1.165) is 10.4 Å². The molecule has 0 atom stereocenters. The van der Waals surface area contributed by atoms with Crippen molar-refractivity contribution in [3.63, 3.8) is 0 Å². The molecule has 0 aliphatic heterocycles. The maximum absolute atomic E-state index is 11.1. The van der Waals surface area contributed by atoms with Gasteiger partial charge in [-0.2, -0.15) is 0 Å². The van der Waals surface area contributed by atoms with Crippen LogP contribution in [0.1, 0.15) is 24.2 Å². The number of aliphatic carboxylic acids is 1. The van der Waals surface area contributed by atoms with E-state index in [1.165, 1.54) is 6.33 Å². The SMILES string of the molecule is Cc1c(C)[n+]([O-])cn1CCCC(=O)O. The van der Waals surface area contributed by atoms with Crippen LogP contribution in [0.2, 0.25) is 0 Å². The molecular weight excluding hydrogens is 184 g/mol. The van der Waals surface area contributed by atoms with Gasteiger partial charge < -0.3 is 10.3 Å². The normalized spacial score (nSPS) is 10.4. The molecule has 0 spiro atoms. The van der Waals surface area contributed by atoms with Crippen LogP contribution in [0.5, 0.6) is 0 Å². The van der Waals surface area contributed by atoms with Crippen molar-refractivity contribution in [3.05, 3.63) is 22.9 Å². The standard InChI is InChI=1S/C9H14N2O3/c1-7-8(2)11(14)6-10(7)5-3-4-9(12)13/h6H,3-5H2,1-2H3,(H,12,13). The van der Waals surface area contributed by atoms with Gasteiger partial charge in [0.15, 0.2) is 0 Å². The summed E-state index contributed by atoms with van der Waals surface area (Å²) in [5.41, 5.74) is 1.56. The highest BCUT2D eigenvalue weighted by Crippen LogP contribution is 2.04. The molecule has 0 radical (unpaired) electrons. The van der Waals surface area contributed by atoms with Crippen molar-refractivity contribution in [2.75, 3.05) is 0 Å². The minimum absolute atomic E-state index is 0.134. The van der Waals surface area contributed by atoms with E-state index in [4.69, 9.17) is 5.11 Å². The summed E-state index contributed by atoms with van der Waals surface area (Å²) >= 11 is 0. The lowest BCUT2D eigenvalue weighted by Crippen LogP contribution is -2.26. The maximum Gasteiger partial charge on any atom is 0.303 e. The van der Waals surface area contributed by atoms with Crippen molar-refractivity contribution in [3.8, 4) is 0 Å². The lowest BCUT2D eigenvalue weighted by atomic mass is 10.3. The highest BCUT2D eigenvalue weighted by atomic mass is 16.5. The average molecular weight is 198 g/mol. The molecule has 0 fully saturated rings. The van der Waals surface area contributed by atoms with E-state index in [2.05, 4.69) is 0 Å². The second-order valence-corrected chi connectivity index (χ2v) is 3.30. The fourth-order valence-corrected chi connectivity index (χ4v) is 1.29. The van der Waals surface area contributed by atoms with Crippen LogP contribution in [0.4, 0.5) is 0 Å². The zero-order chi connectivity index (χ0) is 10.7. The second-order valence-electron chi connectivity index (χ2n) is 3.30. The first-order chi connectivity index (χ1) is 6.52. The van der Waals surface area contributed by atoms with Crippen LogP contribution < -0.4 is 4.73 Å². The lowest BCUT2D eigenvalue weighted by molar-refractivity contribution is -0.611. The Kier molecular flexibility index (Phi) is 3.11. The Morgan fingerprint density at radius 2 is 2.29 bits per heavy atom. The topological polar surface area (TPSA) is 69.2 Å². The van der Waals surface area contributed by atoms with E-state index < -0.39 is 5.97 Å². The molecule has 1 aromatic heterocycles. The molecule has 1 N–H and O–H groups in total. The number of imidazole rings is 1. The first-order valence-electron chi connectivity index (χ1n) is 4.49. The minimum Gasteiger partial charge on any atom is -0.711 e. The zero-order valence-electron chi connectivity index (χ0n) is 8.36. The van der Waals surface area contributed by atoms with Crippen LogP contribution >= 0.6 is 0 Å². The highest BCUT2D eigenvalue weighted by Gasteiger charge is 2.11. The average Bonchev–Trinajstić information content (AvgIpc) is 2.33. The molecule has 0 aliphatic carbocycles. The first-order valence-corrected chi connectivity index (χ1v) is 4.49. The first kappa shape index (κ1) is 10.6. The second kappa shape index (κ2) is 4.13. The Morgan fingerprint density at radius 1 is 1.64 bits per heavy atom. The number of aromatic nitrogens is 2. The van der Waals surface area contributed by atoms with Crippen molar-refractivity contribution < 1.29 is 14.6 Å². The Bertz CT molecular complexity index is 344. The van der Waals surface area contributed by atoms with Crippen molar-refractivity contribution in [2.24, 2.45) is 0 Å². The molecule has 0 amide bonds. The molecule has 1 rings (SSSR count). The van der Waals surface area contributed by atoms with Crippen LogP contribution in [0.3, 0.4) is 0 Å². The predicted octanol–water partition coefficient (Wildman–Crippen LogP) is 0.603. The molecule has 5 nitrogen and oxygen atoms in total. The Labute approximate surface area is 82.2 Å². The smallest absolute Gasteiger partial charge is 0.303 e. The Morgan fingerprint density at radius 3 is 2.71 bits per heavy atom. The molecule has 0 saturated heterocycles. The van der Waals surface area contributed by atoms with Gasteiger partial charge >= 0.3 is 5.97 Å². The molecule has 5 heteroatoms. The molecular formula is C9H14N2O3. The van der Waals surface area contributed by atoms with E-state index in [1.807, 2.05) is 6.92 Å². The van der Waals surface area contributed by atoms with E-state index in [9.17, 15) is 10.0 Å². The summed E-state index contributed by atoms with van der Waals surface area (Å²) in [5, 5.41) is 19.6. The molecule has 0 unspecified atom stereocenters. The molecule has 0 bridgehead atoms. The van der Waals surface area contributed by atoms with Crippen LogP contribution in [0, 0.1) is 19.1 Å². The fourth-order valence-electron chi connectivity index (χ4n) is 1.29. The van der Waals surface area contributed by atoms with Gasteiger partial charge in [-0.1, -0.05) is 0 Å². The Hall–Kier alpha value is -1.52. The molecule has 1 heterocycles. The third-order valence-corrected chi connectivity index (χ3v) is 2.32. The predicted molar refractivity (Wildman–Crippen MR) is 49.7 cm³/mol. The van der Waals surface area contributed by atoms with Crippen LogP contribution in [0.25, 0.3) is 0 Å². The molecule has 0 aliphatic rings. The Balaban J connectivity index is 2.59. The third kappa shape index (κ3) is 2.25. The number of carboxylic acids is 1. The summed E-state index contributed by atoms with van der Waals surface area (Å²) in [6, 6.07) is 0. The van der Waals surface area contributed by atoms with Gasteiger partial charge in [0.1, 0.15) is 11.4 Å². The molecule has 78 valence electrons. The van der Waals surface area contributed by atoms with Gasteiger partial charge in [-0.15, -0.1) is 0 Å². The minimum atomic E-state index is -0.804. The van der Waals surface area contributed by atoms with E-state index in [0.29, 0.717) is 18.7 Å². The summed E-state index contributed by atoms with van der Waals surface area (Å²) in [7, 11) is 0. The zero-order valence-corrected chi connectivity index (χ0v) is 8.36. The van der Waals surface area contributed by atoms with Gasteiger partial charge in [0.05, 0.1) is 6.54 Å². The van der Waals surface area contributed by atoms with Gasteiger partial charge in [0.2, 0.25) is 6.33 Å². The number of aryl methyl sites for hydroxylation is 1. The monoisotopic (exact) mass is 198 g/mol. The van der Waals surface area contributed by atoms with Crippen molar-refractivity contribution >= 4 is 5.97 Å². The quantitative estimate of drug-likeness (QED) is 0.569. The van der Waals surface area contributed by atoms with Crippen LogP contribution in [-0.4, -0.2) is 15.6 Å². The van der Waals surface area contributed by atoms with Gasteiger partial charge in [-0.05, 0) is 6.42 Å². The fraction of sp³-hybridized carbons (Fsp3) is 0.556. The largest absolute Gasteiger partial charge is 0.711 e. The summed E-state index contributed by atoms with van der Waals surface area (Å²) in [6.07, 6.45) is 2.13. The summed E-state index contributed by atoms with van der Waals surface area (Å²) < 4.78 is 2.58. The number of rotatable bonds is 4. The number of nitrogens with zero attached hydrogens (tertiary/aromatic N) is 2. The van der Waals surface area contributed by atoms with Gasteiger partial charge in [-0.25, -0.2) is 9.30 Å². The van der Waals surface area contributed by atoms with Crippen LogP contribution in [0.15, 0.2) is 6.33 Å². The van der Waals surface area contributed by atoms with E-state index in [-0.39, 0.29) is 6.42 Å². The highest BCUT2D eigenvalue weighted by molar-refractivity contribution is 5.66. The summed E-state index contributed by atoms with van der Waals surface area (Å²) in [6.45, 7) is 4.18. The summed E-state index contributed by atoms with van der Waals surface area (Å²) in [4.78, 5) is 10.3. The number of carbonyl (C=O) groups is 1. The van der Waals surface area contributed by atoms with E-state index in [1.54, 1.807) is 11.5 Å². The lowest BCUT2D eigenvalue weighted by Gasteiger charge is -1.96. The molecule has 0 aromatic carbocycles. The van der Waals surface area contributed by atoms with E-state index >= 15 is 0 Å². The van der Waals surface area contributed by atoms with Gasteiger partial charge in [0.25, 0.3) is 0 Å². The van der Waals surface area contributed by atoms with Crippen molar-refractivity contribution in [1.29, 1.82) is 0 Å². The van der Waals surface area contributed by atoms with Crippen molar-refractivity contribution in [1.82, 2.24) is 4.57 Å². The summed E-state index contributed by atoms with van der Waals surface area (Å²) in [5.74, 6) is -0.804. The maximum atomic E-state index is 11.1. The third-order valence-electron chi connectivity index (χ3n) is 2.32. The van der Waals surface area contributed by atoms with Gasteiger partial charge in [-0.3, -0.25) is 4.79 Å². The number of hydrogen-bond acceptors (Lipinski definition) is 2. The van der Waals surface area contributed by atoms with Gasteiger partial charge in [0, 0.05) is 20.3 Å². The molecule has 0 saturated carbocycles. The number of hydrogen-bond donors (Lipinski definition) is 1. The molecule has 1 aromatic rings. The van der Waals surface area contributed by atoms with Crippen LogP contribution in [-0.2, 0) is 11.3 Å². The number of carboxylic acid groups (broad SMARTS) is 1. The molecule has 14 heavy (non-hydrogen) atoms. The van der Waals surface area contributed by atoms with Crippen molar-refractivity contribution in [2.45, 2.75) is 33.2 Å².